The van der Waals surface area contributed by atoms with E-state index in [0.29, 0.717) is 25.4 Å². The van der Waals surface area contributed by atoms with E-state index in [-0.39, 0.29) is 10.5 Å². The molecule has 0 bridgehead atoms. The standard InChI is InChI=1S/C20H23N3O4S/c1-2-27-19-11-4-3-8-17(19)15-21-22-20(24)16-9-7-10-18(14-16)28(25,26)23-12-5-6-13-23/h3-4,7-11,14-15H,2,5-6,12-13H2,1H3,(H,22,24)/b21-15-. The van der Waals surface area contributed by atoms with Gasteiger partial charge in [0.2, 0.25) is 10.0 Å². The number of sulfonamides is 1. The molecule has 7 nitrogen and oxygen atoms in total. The van der Waals surface area contributed by atoms with Crippen molar-refractivity contribution in [1.82, 2.24) is 9.73 Å². The van der Waals surface area contributed by atoms with Crippen LogP contribution in [0.2, 0.25) is 0 Å². The van der Waals surface area contributed by atoms with Crippen LogP contribution in [0.3, 0.4) is 0 Å². The van der Waals surface area contributed by atoms with Crippen molar-refractivity contribution >= 4 is 22.1 Å². The van der Waals surface area contributed by atoms with Crippen molar-refractivity contribution in [2.24, 2.45) is 5.10 Å². The summed E-state index contributed by atoms with van der Waals surface area (Å²) in [7, 11) is -3.57. The average molecular weight is 401 g/mol. The van der Waals surface area contributed by atoms with Crippen LogP contribution in [0.15, 0.2) is 58.5 Å². The van der Waals surface area contributed by atoms with E-state index in [1.807, 2.05) is 31.2 Å². The Labute approximate surface area is 165 Å². The third-order valence-electron chi connectivity index (χ3n) is 4.39. The summed E-state index contributed by atoms with van der Waals surface area (Å²) >= 11 is 0. The van der Waals surface area contributed by atoms with E-state index >= 15 is 0 Å². The molecule has 3 rings (SSSR count). The topological polar surface area (TPSA) is 88.1 Å². The van der Waals surface area contributed by atoms with Crippen LogP contribution < -0.4 is 10.2 Å². The van der Waals surface area contributed by atoms with Gasteiger partial charge in [-0.1, -0.05) is 18.2 Å². The van der Waals surface area contributed by atoms with Gasteiger partial charge >= 0.3 is 0 Å². The van der Waals surface area contributed by atoms with Crippen LogP contribution in [0.5, 0.6) is 5.75 Å². The third kappa shape index (κ3) is 4.58. The molecular formula is C20H23N3O4S. The number of carbonyl (C=O) groups is 1. The van der Waals surface area contributed by atoms with E-state index in [4.69, 9.17) is 4.74 Å². The first-order valence-electron chi connectivity index (χ1n) is 9.18. The highest BCUT2D eigenvalue weighted by Crippen LogP contribution is 2.21. The van der Waals surface area contributed by atoms with Crippen LogP contribution in [0, 0.1) is 0 Å². The maximum atomic E-state index is 12.7. The SMILES string of the molecule is CCOc1ccccc1/C=N\NC(=O)c1cccc(S(=O)(=O)N2CCCC2)c1. The summed E-state index contributed by atoms with van der Waals surface area (Å²) in [4.78, 5) is 12.5. The molecule has 0 unspecified atom stereocenters. The van der Waals surface area contributed by atoms with Crippen LogP contribution in [0.4, 0.5) is 0 Å². The van der Waals surface area contributed by atoms with Gasteiger partial charge in [-0.3, -0.25) is 4.79 Å². The van der Waals surface area contributed by atoms with Gasteiger partial charge in [0.15, 0.2) is 0 Å². The second-order valence-electron chi connectivity index (χ2n) is 6.31. The van der Waals surface area contributed by atoms with Gasteiger partial charge in [-0.2, -0.15) is 9.41 Å². The first kappa shape index (κ1) is 20.0. The number of rotatable bonds is 7. The van der Waals surface area contributed by atoms with E-state index in [1.54, 1.807) is 12.1 Å². The van der Waals surface area contributed by atoms with Crippen molar-refractivity contribution in [3.05, 3.63) is 59.7 Å². The van der Waals surface area contributed by atoms with Crippen LogP contribution in [-0.4, -0.2) is 44.5 Å². The maximum absolute atomic E-state index is 12.7. The molecule has 1 aliphatic heterocycles. The number of hydrogen-bond acceptors (Lipinski definition) is 5. The Morgan fingerprint density at radius 1 is 1.18 bits per heavy atom. The molecule has 148 valence electrons. The zero-order valence-corrected chi connectivity index (χ0v) is 16.5. The van der Waals surface area contributed by atoms with Crippen molar-refractivity contribution in [2.75, 3.05) is 19.7 Å². The molecule has 1 saturated heterocycles. The normalized spacial score (nSPS) is 15.0. The first-order chi connectivity index (χ1) is 13.5. The summed E-state index contributed by atoms with van der Waals surface area (Å²) in [6.45, 7) is 3.44. The van der Waals surface area contributed by atoms with Crippen LogP contribution in [0.25, 0.3) is 0 Å². The Kier molecular flexibility index (Phi) is 6.43. The van der Waals surface area contributed by atoms with Crippen molar-refractivity contribution < 1.29 is 17.9 Å². The van der Waals surface area contributed by atoms with Crippen molar-refractivity contribution in [3.8, 4) is 5.75 Å². The third-order valence-corrected chi connectivity index (χ3v) is 6.28. The number of hydrogen-bond donors (Lipinski definition) is 1. The molecule has 2 aromatic carbocycles. The van der Waals surface area contributed by atoms with Gasteiger partial charge in [-0.25, -0.2) is 13.8 Å². The van der Waals surface area contributed by atoms with E-state index in [2.05, 4.69) is 10.5 Å². The minimum absolute atomic E-state index is 0.118. The van der Waals surface area contributed by atoms with E-state index < -0.39 is 15.9 Å². The molecule has 1 amide bonds. The number of carbonyl (C=O) groups excluding carboxylic acids is 1. The molecule has 0 aromatic heterocycles. The summed E-state index contributed by atoms with van der Waals surface area (Å²) in [6, 6.07) is 13.3. The van der Waals surface area contributed by atoms with Gasteiger partial charge in [0, 0.05) is 24.2 Å². The molecule has 0 saturated carbocycles. The summed E-state index contributed by atoms with van der Waals surface area (Å²) < 4.78 is 32.3. The quantitative estimate of drug-likeness (QED) is 0.571. The molecule has 8 heteroatoms. The molecule has 28 heavy (non-hydrogen) atoms. The maximum Gasteiger partial charge on any atom is 0.271 e. The molecule has 1 heterocycles. The smallest absolute Gasteiger partial charge is 0.271 e. The number of para-hydroxylation sites is 1. The number of nitrogens with zero attached hydrogens (tertiary/aromatic N) is 2. The number of nitrogens with one attached hydrogen (secondary N) is 1. The largest absolute Gasteiger partial charge is 0.493 e. The summed E-state index contributed by atoms with van der Waals surface area (Å²) in [5.74, 6) is 0.185. The zero-order valence-electron chi connectivity index (χ0n) is 15.7. The Morgan fingerprint density at radius 3 is 2.68 bits per heavy atom. The summed E-state index contributed by atoms with van der Waals surface area (Å²) in [6.07, 6.45) is 3.21. The van der Waals surface area contributed by atoms with Crippen molar-refractivity contribution in [2.45, 2.75) is 24.7 Å². The van der Waals surface area contributed by atoms with Gasteiger partial charge in [-0.05, 0) is 50.1 Å². The van der Waals surface area contributed by atoms with Gasteiger partial charge in [0.25, 0.3) is 5.91 Å². The molecule has 2 aromatic rings. The van der Waals surface area contributed by atoms with Gasteiger partial charge in [-0.15, -0.1) is 0 Å². The highest BCUT2D eigenvalue weighted by atomic mass is 32.2. The van der Waals surface area contributed by atoms with E-state index in [9.17, 15) is 13.2 Å². The molecule has 0 aliphatic carbocycles. The fourth-order valence-corrected chi connectivity index (χ4v) is 4.54. The van der Waals surface area contributed by atoms with Crippen LogP contribution in [-0.2, 0) is 10.0 Å². The summed E-state index contributed by atoms with van der Waals surface area (Å²) in [5.41, 5.74) is 3.39. The minimum atomic E-state index is -3.57. The lowest BCUT2D eigenvalue weighted by molar-refractivity contribution is 0.0955. The molecule has 1 fully saturated rings. The monoisotopic (exact) mass is 401 g/mol. The molecule has 1 aliphatic rings. The minimum Gasteiger partial charge on any atom is -0.493 e. The highest BCUT2D eigenvalue weighted by Gasteiger charge is 2.27. The van der Waals surface area contributed by atoms with Crippen LogP contribution >= 0.6 is 0 Å². The van der Waals surface area contributed by atoms with Crippen LogP contribution in [0.1, 0.15) is 35.7 Å². The highest BCUT2D eigenvalue weighted by molar-refractivity contribution is 7.89. The Balaban J connectivity index is 1.72. The molecule has 1 N–H and O–H groups in total. The number of hydrazone groups is 1. The van der Waals surface area contributed by atoms with Crippen molar-refractivity contribution in [3.63, 3.8) is 0 Å². The fraction of sp³-hybridized carbons (Fsp3) is 0.300. The number of ether oxygens (including phenoxy) is 1. The van der Waals surface area contributed by atoms with E-state index in [1.165, 1.54) is 22.7 Å². The lowest BCUT2D eigenvalue weighted by atomic mass is 10.2. The second kappa shape index (κ2) is 8.99. The first-order valence-corrected chi connectivity index (χ1v) is 10.6. The fourth-order valence-electron chi connectivity index (χ4n) is 2.97. The predicted octanol–water partition coefficient (Wildman–Crippen LogP) is 2.63. The Bertz CT molecular complexity index is 967. The second-order valence-corrected chi connectivity index (χ2v) is 8.25. The Hall–Kier alpha value is -2.71. The summed E-state index contributed by atoms with van der Waals surface area (Å²) in [5, 5.41) is 3.97. The van der Waals surface area contributed by atoms with Gasteiger partial charge < -0.3 is 4.74 Å². The molecular weight excluding hydrogens is 378 g/mol. The molecule has 0 radical (unpaired) electrons. The zero-order chi connectivity index (χ0) is 20.0. The van der Waals surface area contributed by atoms with Gasteiger partial charge in [0.05, 0.1) is 17.7 Å². The average Bonchev–Trinajstić information content (AvgIpc) is 3.25. The van der Waals surface area contributed by atoms with Gasteiger partial charge in [0.1, 0.15) is 5.75 Å². The molecule has 0 spiro atoms. The number of amides is 1. The predicted molar refractivity (Wildman–Crippen MR) is 107 cm³/mol. The Morgan fingerprint density at radius 2 is 1.93 bits per heavy atom. The van der Waals surface area contributed by atoms with E-state index in [0.717, 1.165) is 18.4 Å². The van der Waals surface area contributed by atoms with Crippen molar-refractivity contribution in [1.29, 1.82) is 0 Å². The lowest BCUT2D eigenvalue weighted by Gasteiger charge is -2.15. The molecule has 0 atom stereocenters. The lowest BCUT2D eigenvalue weighted by Crippen LogP contribution is -2.28. The number of benzene rings is 2.